The molecule has 0 radical (unpaired) electrons. The number of hydrogen-bond donors (Lipinski definition) is 1. The molecule has 2 aliphatic rings. The number of rotatable bonds is 4. The van der Waals surface area contributed by atoms with Crippen molar-refractivity contribution in [3.63, 3.8) is 0 Å². The van der Waals surface area contributed by atoms with Crippen LogP contribution in [0, 0.1) is 0 Å². The van der Waals surface area contributed by atoms with Crippen molar-refractivity contribution < 1.29 is 32.2 Å². The molecule has 0 atom stereocenters. The Morgan fingerprint density at radius 1 is 1.07 bits per heavy atom. The molecule has 2 heterocycles. The number of ether oxygens (including phenoxy) is 3. The van der Waals surface area contributed by atoms with E-state index in [1.807, 2.05) is 0 Å². The number of hydrogen-bond acceptors (Lipinski definition) is 8. The molecule has 0 aliphatic carbocycles. The maximum absolute atomic E-state index is 12.9. The molecule has 1 N–H and O–H groups in total. The van der Waals surface area contributed by atoms with Gasteiger partial charge in [0.05, 0.1) is 18.9 Å². The van der Waals surface area contributed by atoms with Gasteiger partial charge in [-0.05, 0) is 12.1 Å². The number of cyclic esters (lactones) is 2. The Bertz CT molecular complexity index is 864. The number of esters is 2. The molecule has 0 saturated carbocycles. The van der Waals surface area contributed by atoms with Gasteiger partial charge in [0, 0.05) is 33.1 Å². The SMILES string of the molecule is CC1(C)OC(=O)C(=CNc2ccccc2S(=O)(=O)N2CCOCC2)C(=O)O1. The van der Waals surface area contributed by atoms with Crippen LogP contribution in [0.1, 0.15) is 13.8 Å². The zero-order valence-corrected chi connectivity index (χ0v) is 15.7. The minimum absolute atomic E-state index is 0.0293. The maximum atomic E-state index is 12.9. The van der Waals surface area contributed by atoms with Crippen LogP contribution in [0.3, 0.4) is 0 Å². The summed E-state index contributed by atoms with van der Waals surface area (Å²) in [5.74, 6) is -3.04. The van der Waals surface area contributed by atoms with Crippen LogP contribution in [0.15, 0.2) is 40.9 Å². The Morgan fingerprint density at radius 3 is 2.30 bits per heavy atom. The van der Waals surface area contributed by atoms with Crippen molar-refractivity contribution in [2.75, 3.05) is 31.6 Å². The predicted octanol–water partition coefficient (Wildman–Crippen LogP) is 0.839. The van der Waals surface area contributed by atoms with Crippen LogP contribution in [-0.4, -0.2) is 56.8 Å². The smallest absolute Gasteiger partial charge is 0.350 e. The third-order valence-electron chi connectivity index (χ3n) is 3.96. The van der Waals surface area contributed by atoms with E-state index in [1.165, 1.54) is 30.3 Å². The Kier molecular flexibility index (Phi) is 5.22. The number of carbonyl (C=O) groups is 2. The number of carbonyl (C=O) groups excluding carboxylic acids is 2. The van der Waals surface area contributed by atoms with E-state index in [9.17, 15) is 18.0 Å². The first-order valence-corrected chi connectivity index (χ1v) is 9.75. The second kappa shape index (κ2) is 7.29. The molecular formula is C17H20N2O7S. The lowest BCUT2D eigenvalue weighted by atomic mass is 10.2. The fraction of sp³-hybridized carbons (Fsp3) is 0.412. The molecule has 2 saturated heterocycles. The summed E-state index contributed by atoms with van der Waals surface area (Å²) in [6.07, 6.45) is 1.09. The largest absolute Gasteiger partial charge is 0.419 e. The molecule has 2 fully saturated rings. The van der Waals surface area contributed by atoms with Crippen molar-refractivity contribution in [1.29, 1.82) is 0 Å². The molecule has 9 nitrogen and oxygen atoms in total. The van der Waals surface area contributed by atoms with Gasteiger partial charge in [-0.1, -0.05) is 12.1 Å². The minimum atomic E-state index is -3.76. The summed E-state index contributed by atoms with van der Waals surface area (Å²) in [5, 5.41) is 2.72. The summed E-state index contributed by atoms with van der Waals surface area (Å²) in [6.45, 7) is 4.05. The lowest BCUT2D eigenvalue weighted by molar-refractivity contribution is -0.222. The summed E-state index contributed by atoms with van der Waals surface area (Å²) in [4.78, 5) is 24.0. The van der Waals surface area contributed by atoms with Crippen LogP contribution in [0.4, 0.5) is 5.69 Å². The lowest BCUT2D eigenvalue weighted by Gasteiger charge is -2.29. The first kappa shape index (κ1) is 19.3. The van der Waals surface area contributed by atoms with Crippen molar-refractivity contribution in [3.05, 3.63) is 36.0 Å². The second-order valence-electron chi connectivity index (χ2n) is 6.39. The van der Waals surface area contributed by atoms with Gasteiger partial charge in [0.15, 0.2) is 5.57 Å². The minimum Gasteiger partial charge on any atom is -0.419 e. The van der Waals surface area contributed by atoms with E-state index < -0.39 is 27.7 Å². The summed E-state index contributed by atoms with van der Waals surface area (Å²) < 4.78 is 42.3. The quantitative estimate of drug-likeness (QED) is 0.453. The molecule has 3 rings (SSSR count). The van der Waals surface area contributed by atoms with E-state index in [-0.39, 0.29) is 29.2 Å². The number of nitrogens with one attached hydrogen (secondary N) is 1. The highest BCUT2D eigenvalue weighted by Crippen LogP contribution is 2.27. The van der Waals surface area contributed by atoms with E-state index in [1.54, 1.807) is 12.1 Å². The average molecular weight is 396 g/mol. The van der Waals surface area contributed by atoms with Crippen LogP contribution in [-0.2, 0) is 33.8 Å². The first-order chi connectivity index (χ1) is 12.7. The van der Waals surface area contributed by atoms with E-state index in [2.05, 4.69) is 5.32 Å². The van der Waals surface area contributed by atoms with E-state index in [0.717, 1.165) is 6.20 Å². The molecule has 10 heteroatoms. The fourth-order valence-corrected chi connectivity index (χ4v) is 4.23. The Morgan fingerprint density at radius 2 is 1.67 bits per heavy atom. The Hall–Kier alpha value is -2.43. The molecule has 2 aliphatic heterocycles. The van der Waals surface area contributed by atoms with Gasteiger partial charge in [-0.3, -0.25) is 0 Å². The van der Waals surface area contributed by atoms with Crippen LogP contribution in [0.5, 0.6) is 0 Å². The predicted molar refractivity (Wildman–Crippen MR) is 94.0 cm³/mol. The summed E-state index contributed by atoms with van der Waals surface area (Å²) in [7, 11) is -3.76. The molecule has 1 aromatic rings. The first-order valence-electron chi connectivity index (χ1n) is 8.31. The van der Waals surface area contributed by atoms with Crippen LogP contribution < -0.4 is 5.32 Å². The van der Waals surface area contributed by atoms with Gasteiger partial charge < -0.3 is 19.5 Å². The maximum Gasteiger partial charge on any atom is 0.350 e. The molecule has 0 amide bonds. The summed E-state index contributed by atoms with van der Waals surface area (Å²) in [6, 6.07) is 6.22. The second-order valence-corrected chi connectivity index (χ2v) is 8.30. The molecule has 1 aromatic carbocycles. The van der Waals surface area contributed by atoms with Crippen molar-refractivity contribution in [2.45, 2.75) is 24.5 Å². The molecule has 27 heavy (non-hydrogen) atoms. The van der Waals surface area contributed by atoms with Crippen molar-refractivity contribution >= 4 is 27.6 Å². The highest BCUT2D eigenvalue weighted by atomic mass is 32.2. The average Bonchev–Trinajstić information content (AvgIpc) is 2.61. The number of sulfonamides is 1. The number of morpholine rings is 1. The topological polar surface area (TPSA) is 111 Å². The van der Waals surface area contributed by atoms with Crippen LogP contribution in [0.25, 0.3) is 0 Å². The Balaban J connectivity index is 1.87. The lowest BCUT2D eigenvalue weighted by Crippen LogP contribution is -2.42. The van der Waals surface area contributed by atoms with Crippen LogP contribution in [0.2, 0.25) is 0 Å². The van der Waals surface area contributed by atoms with Gasteiger partial charge >= 0.3 is 11.9 Å². The summed E-state index contributed by atoms with van der Waals surface area (Å²) >= 11 is 0. The van der Waals surface area contributed by atoms with E-state index in [4.69, 9.17) is 14.2 Å². The third-order valence-corrected chi connectivity index (χ3v) is 5.92. The molecule has 0 bridgehead atoms. The van der Waals surface area contributed by atoms with Crippen LogP contribution >= 0.6 is 0 Å². The number of benzene rings is 1. The zero-order chi connectivity index (χ0) is 19.7. The van der Waals surface area contributed by atoms with Crippen molar-refractivity contribution in [3.8, 4) is 0 Å². The molecule has 0 spiro atoms. The van der Waals surface area contributed by atoms with E-state index >= 15 is 0 Å². The monoisotopic (exact) mass is 396 g/mol. The normalized spacial score (nSPS) is 20.6. The molecule has 146 valence electrons. The van der Waals surface area contributed by atoms with Gasteiger partial charge in [0.2, 0.25) is 10.0 Å². The zero-order valence-electron chi connectivity index (χ0n) is 14.9. The fourth-order valence-electron chi connectivity index (χ4n) is 2.67. The van der Waals surface area contributed by atoms with Gasteiger partial charge in [0.1, 0.15) is 4.90 Å². The van der Waals surface area contributed by atoms with E-state index in [0.29, 0.717) is 13.2 Å². The standard InChI is InChI=1S/C17H20N2O7S/c1-17(2)25-15(20)12(16(21)26-17)11-18-13-5-3-4-6-14(13)27(22,23)19-7-9-24-10-8-19/h3-6,11,18H,7-10H2,1-2H3. The molecule has 0 unspecified atom stereocenters. The number of anilines is 1. The van der Waals surface area contributed by atoms with Gasteiger partial charge in [0.25, 0.3) is 5.79 Å². The third kappa shape index (κ3) is 4.12. The molecular weight excluding hydrogens is 376 g/mol. The van der Waals surface area contributed by atoms with Gasteiger partial charge in [-0.15, -0.1) is 0 Å². The van der Waals surface area contributed by atoms with Gasteiger partial charge in [-0.2, -0.15) is 4.31 Å². The number of para-hydroxylation sites is 1. The number of nitrogens with zero attached hydrogens (tertiary/aromatic N) is 1. The molecule has 0 aromatic heterocycles. The highest BCUT2D eigenvalue weighted by molar-refractivity contribution is 7.89. The Labute approximate surface area is 156 Å². The highest BCUT2D eigenvalue weighted by Gasteiger charge is 2.39. The summed E-state index contributed by atoms with van der Waals surface area (Å²) in [5.41, 5.74) is -0.130. The van der Waals surface area contributed by atoms with Crippen molar-refractivity contribution in [2.24, 2.45) is 0 Å². The van der Waals surface area contributed by atoms with Crippen molar-refractivity contribution in [1.82, 2.24) is 4.31 Å². The van der Waals surface area contributed by atoms with Gasteiger partial charge in [-0.25, -0.2) is 18.0 Å².